The third-order valence-electron chi connectivity index (χ3n) is 3.76. The van der Waals surface area contributed by atoms with Crippen LogP contribution in [-0.4, -0.2) is 18.4 Å². The average molecular weight is 379 g/mol. The van der Waals surface area contributed by atoms with Gasteiger partial charge in [-0.25, -0.2) is 0 Å². The fourth-order valence-corrected chi connectivity index (χ4v) is 2.80. The van der Waals surface area contributed by atoms with E-state index in [-0.39, 0.29) is 18.4 Å². The molecule has 0 spiro atoms. The van der Waals surface area contributed by atoms with E-state index in [9.17, 15) is 9.59 Å². The molecule has 2 aromatic rings. The molecule has 0 heterocycles. The van der Waals surface area contributed by atoms with Crippen molar-refractivity contribution in [1.29, 1.82) is 0 Å². The van der Waals surface area contributed by atoms with Gasteiger partial charge in [-0.05, 0) is 41.8 Å². The Hall–Kier alpha value is -2.04. The summed E-state index contributed by atoms with van der Waals surface area (Å²) in [6.07, 6.45) is 0. The third-order valence-corrected chi connectivity index (χ3v) is 4.31. The number of benzene rings is 2. The van der Waals surface area contributed by atoms with E-state index >= 15 is 0 Å². The zero-order valence-corrected chi connectivity index (χ0v) is 15.9. The molecule has 0 saturated heterocycles. The molecule has 2 aromatic carbocycles. The van der Waals surface area contributed by atoms with Crippen LogP contribution < -0.4 is 10.2 Å². The van der Waals surface area contributed by atoms with Crippen LogP contribution >= 0.6 is 23.2 Å². The number of hydrogen-bond donors (Lipinski definition) is 1. The number of nitrogens with zero attached hydrogens (tertiary/aromatic N) is 1. The Kier molecular flexibility index (Phi) is 6.45. The van der Waals surface area contributed by atoms with Crippen molar-refractivity contribution in [1.82, 2.24) is 0 Å². The van der Waals surface area contributed by atoms with Crippen molar-refractivity contribution in [2.45, 2.75) is 26.7 Å². The maximum absolute atomic E-state index is 12.3. The number of hydrogen-bond acceptors (Lipinski definition) is 2. The van der Waals surface area contributed by atoms with Crippen molar-refractivity contribution in [2.75, 3.05) is 16.8 Å². The van der Waals surface area contributed by atoms with Crippen LogP contribution in [0.1, 0.15) is 32.3 Å². The van der Waals surface area contributed by atoms with Gasteiger partial charge in [0.15, 0.2) is 0 Å². The molecule has 0 fully saturated rings. The van der Waals surface area contributed by atoms with Crippen LogP contribution in [0.3, 0.4) is 0 Å². The van der Waals surface area contributed by atoms with Crippen molar-refractivity contribution < 1.29 is 9.59 Å². The molecule has 25 heavy (non-hydrogen) atoms. The standard InChI is InChI=1S/C19H20Cl2N2O2/c1-12(2)14-4-7-16(8-5-14)23(13(3)24)11-19(25)22-18-9-6-15(20)10-17(18)21/h4-10,12H,11H2,1-3H3,(H,22,25). The first-order valence-corrected chi connectivity index (χ1v) is 8.66. The third kappa shape index (κ3) is 5.21. The van der Waals surface area contributed by atoms with Gasteiger partial charge in [0.25, 0.3) is 0 Å². The van der Waals surface area contributed by atoms with Gasteiger partial charge < -0.3 is 10.2 Å². The van der Waals surface area contributed by atoms with Gasteiger partial charge in [0.2, 0.25) is 11.8 Å². The van der Waals surface area contributed by atoms with E-state index in [1.807, 2.05) is 24.3 Å². The highest BCUT2D eigenvalue weighted by atomic mass is 35.5. The van der Waals surface area contributed by atoms with E-state index in [0.717, 1.165) is 0 Å². The molecule has 132 valence electrons. The van der Waals surface area contributed by atoms with E-state index < -0.39 is 0 Å². The van der Waals surface area contributed by atoms with Crippen molar-refractivity contribution >= 4 is 46.4 Å². The van der Waals surface area contributed by atoms with Crippen molar-refractivity contribution in [3.8, 4) is 0 Å². The molecule has 2 rings (SSSR count). The van der Waals surface area contributed by atoms with Gasteiger partial charge in [0, 0.05) is 17.6 Å². The molecule has 0 aromatic heterocycles. The molecule has 4 nitrogen and oxygen atoms in total. The van der Waals surface area contributed by atoms with Crippen molar-refractivity contribution in [3.05, 3.63) is 58.1 Å². The molecular formula is C19H20Cl2N2O2. The summed E-state index contributed by atoms with van der Waals surface area (Å²) >= 11 is 11.9. The topological polar surface area (TPSA) is 49.4 Å². The maximum atomic E-state index is 12.3. The van der Waals surface area contributed by atoms with E-state index in [0.29, 0.717) is 27.3 Å². The minimum Gasteiger partial charge on any atom is -0.323 e. The second kappa shape index (κ2) is 8.37. The predicted molar refractivity (Wildman–Crippen MR) is 104 cm³/mol. The molecular weight excluding hydrogens is 359 g/mol. The number of nitrogens with one attached hydrogen (secondary N) is 1. The van der Waals surface area contributed by atoms with Gasteiger partial charge in [-0.2, -0.15) is 0 Å². The lowest BCUT2D eigenvalue weighted by molar-refractivity contribution is -0.120. The molecule has 1 N–H and O–H groups in total. The zero-order chi connectivity index (χ0) is 18.6. The smallest absolute Gasteiger partial charge is 0.244 e. The monoisotopic (exact) mass is 378 g/mol. The Morgan fingerprint density at radius 3 is 2.24 bits per heavy atom. The normalized spacial score (nSPS) is 10.6. The Bertz CT molecular complexity index is 773. The lowest BCUT2D eigenvalue weighted by Crippen LogP contribution is -2.36. The van der Waals surface area contributed by atoms with Gasteiger partial charge in [-0.3, -0.25) is 9.59 Å². The first-order chi connectivity index (χ1) is 11.8. The molecule has 6 heteroatoms. The van der Waals surface area contributed by atoms with E-state index in [2.05, 4.69) is 19.2 Å². The van der Waals surface area contributed by atoms with E-state index in [1.54, 1.807) is 18.2 Å². The molecule has 2 amide bonds. The molecule has 0 aliphatic heterocycles. The summed E-state index contributed by atoms with van der Waals surface area (Å²) in [5.74, 6) is -0.155. The van der Waals surface area contributed by atoms with Crippen LogP contribution in [0.15, 0.2) is 42.5 Å². The van der Waals surface area contributed by atoms with Gasteiger partial charge in [-0.1, -0.05) is 49.2 Å². The molecule has 0 atom stereocenters. The first kappa shape index (κ1) is 19.3. The molecule has 0 aliphatic carbocycles. The van der Waals surface area contributed by atoms with Gasteiger partial charge in [-0.15, -0.1) is 0 Å². The lowest BCUT2D eigenvalue weighted by Gasteiger charge is -2.21. The summed E-state index contributed by atoms with van der Waals surface area (Å²) in [6.45, 7) is 5.52. The van der Waals surface area contributed by atoms with Crippen molar-refractivity contribution in [3.63, 3.8) is 0 Å². The fraction of sp³-hybridized carbons (Fsp3) is 0.263. The van der Waals surface area contributed by atoms with Gasteiger partial charge >= 0.3 is 0 Å². The van der Waals surface area contributed by atoms with Gasteiger partial charge in [0.1, 0.15) is 6.54 Å². The minimum atomic E-state index is -0.340. The Morgan fingerprint density at radius 1 is 1.08 bits per heavy atom. The summed E-state index contributed by atoms with van der Waals surface area (Å²) in [4.78, 5) is 25.7. The Balaban J connectivity index is 2.12. The van der Waals surface area contributed by atoms with Crippen LogP contribution in [0.2, 0.25) is 10.0 Å². The maximum Gasteiger partial charge on any atom is 0.244 e. The lowest BCUT2D eigenvalue weighted by atomic mass is 10.0. The van der Waals surface area contributed by atoms with E-state index in [4.69, 9.17) is 23.2 Å². The predicted octanol–water partition coefficient (Wildman–Crippen LogP) is 5.11. The first-order valence-electron chi connectivity index (χ1n) is 7.91. The Morgan fingerprint density at radius 2 is 1.72 bits per heavy atom. The number of amides is 2. The largest absolute Gasteiger partial charge is 0.323 e. The van der Waals surface area contributed by atoms with Crippen LogP contribution in [0.25, 0.3) is 0 Å². The molecule has 0 aliphatic rings. The van der Waals surface area contributed by atoms with Crippen molar-refractivity contribution in [2.24, 2.45) is 0 Å². The fourth-order valence-electron chi connectivity index (χ4n) is 2.35. The summed E-state index contributed by atoms with van der Waals surface area (Å²) in [6, 6.07) is 12.4. The molecule has 0 radical (unpaired) electrons. The highest BCUT2D eigenvalue weighted by Crippen LogP contribution is 2.25. The SMILES string of the molecule is CC(=O)N(CC(=O)Nc1ccc(Cl)cc1Cl)c1ccc(C(C)C)cc1. The number of halogens is 2. The number of rotatable bonds is 5. The second-order valence-corrected chi connectivity index (χ2v) is 6.87. The Labute approximate surface area is 157 Å². The number of carbonyl (C=O) groups excluding carboxylic acids is 2. The number of carbonyl (C=O) groups is 2. The quantitative estimate of drug-likeness (QED) is 0.785. The van der Waals surface area contributed by atoms with E-state index in [1.165, 1.54) is 17.4 Å². The molecule has 0 saturated carbocycles. The summed E-state index contributed by atoms with van der Waals surface area (Å²) < 4.78 is 0. The zero-order valence-electron chi connectivity index (χ0n) is 14.3. The summed E-state index contributed by atoms with van der Waals surface area (Å²) in [5.41, 5.74) is 2.30. The van der Waals surface area contributed by atoms with Crippen LogP contribution in [-0.2, 0) is 9.59 Å². The highest BCUT2D eigenvalue weighted by Gasteiger charge is 2.17. The summed E-state index contributed by atoms with van der Waals surface area (Å²) in [5, 5.41) is 3.53. The average Bonchev–Trinajstić information content (AvgIpc) is 2.55. The van der Waals surface area contributed by atoms with Crippen LogP contribution in [0, 0.1) is 0 Å². The van der Waals surface area contributed by atoms with Gasteiger partial charge in [0.05, 0.1) is 10.7 Å². The second-order valence-electron chi connectivity index (χ2n) is 6.02. The number of anilines is 2. The van der Waals surface area contributed by atoms with Crippen LogP contribution in [0.4, 0.5) is 11.4 Å². The minimum absolute atomic E-state index is 0.102. The highest BCUT2D eigenvalue weighted by molar-refractivity contribution is 6.36. The molecule has 0 bridgehead atoms. The molecule has 0 unspecified atom stereocenters. The summed E-state index contributed by atoms with van der Waals surface area (Å²) in [7, 11) is 0. The van der Waals surface area contributed by atoms with Crippen LogP contribution in [0.5, 0.6) is 0 Å².